The third-order valence-electron chi connectivity index (χ3n) is 3.87. The summed E-state index contributed by atoms with van der Waals surface area (Å²) < 4.78 is 31.1. The lowest BCUT2D eigenvalue weighted by Gasteiger charge is -2.15. The van der Waals surface area contributed by atoms with Crippen LogP contribution in [-0.4, -0.2) is 30.4 Å². The molecule has 0 aliphatic heterocycles. The number of benzene rings is 2. The van der Waals surface area contributed by atoms with Gasteiger partial charge in [-0.15, -0.1) is 0 Å². The maximum atomic E-state index is 13.3. The Morgan fingerprint density at radius 3 is 2.50 bits per heavy atom. The van der Waals surface area contributed by atoms with Gasteiger partial charge in [-0.25, -0.2) is 8.78 Å². The van der Waals surface area contributed by atoms with E-state index in [9.17, 15) is 28.5 Å². The monoisotopic (exact) mass is 393 g/mol. The summed E-state index contributed by atoms with van der Waals surface area (Å²) >= 11 is 0. The summed E-state index contributed by atoms with van der Waals surface area (Å²) in [5, 5.41) is 15.9. The van der Waals surface area contributed by atoms with Crippen LogP contribution in [0.25, 0.3) is 0 Å². The smallest absolute Gasteiger partial charge is 0.311 e. The van der Waals surface area contributed by atoms with Crippen LogP contribution in [0.2, 0.25) is 0 Å². The first kappa shape index (κ1) is 20.7. The zero-order valence-electron chi connectivity index (χ0n) is 15.0. The van der Waals surface area contributed by atoms with E-state index in [-0.39, 0.29) is 17.0 Å². The van der Waals surface area contributed by atoms with E-state index in [1.165, 1.54) is 25.3 Å². The van der Waals surface area contributed by atoms with Crippen molar-refractivity contribution in [2.75, 3.05) is 13.7 Å². The average molecular weight is 393 g/mol. The number of halogens is 2. The van der Waals surface area contributed by atoms with Crippen molar-refractivity contribution in [3.05, 3.63) is 69.3 Å². The Labute approximate surface area is 158 Å². The highest BCUT2D eigenvalue weighted by Crippen LogP contribution is 2.27. The number of nitro benzene ring substituents is 1. The lowest BCUT2D eigenvalue weighted by Crippen LogP contribution is -2.38. The molecule has 1 atom stereocenters. The summed E-state index contributed by atoms with van der Waals surface area (Å²) in [6.07, 6.45) is 0. The third kappa shape index (κ3) is 5.00. The first-order valence-electron chi connectivity index (χ1n) is 8.08. The second-order valence-electron chi connectivity index (χ2n) is 5.79. The van der Waals surface area contributed by atoms with Crippen molar-refractivity contribution in [3.63, 3.8) is 0 Å². The standard InChI is InChI=1S/C18H17F2N3O5/c1-10(11-3-5-13(19)14(20)7-11)22-17(24)9-21-18(25)12-4-6-16(28-2)15(8-12)23(26)27/h3-8,10H,9H2,1-2H3,(H,21,25)(H,22,24)/t10-/m1/s1. The maximum Gasteiger partial charge on any atom is 0.311 e. The van der Waals surface area contributed by atoms with Gasteiger partial charge in [0.1, 0.15) is 0 Å². The van der Waals surface area contributed by atoms with E-state index in [1.807, 2.05) is 0 Å². The molecule has 2 N–H and O–H groups in total. The molecule has 2 rings (SSSR count). The van der Waals surface area contributed by atoms with E-state index in [1.54, 1.807) is 6.92 Å². The van der Waals surface area contributed by atoms with Gasteiger partial charge in [0, 0.05) is 11.6 Å². The highest BCUT2D eigenvalue weighted by molar-refractivity contribution is 5.97. The predicted molar refractivity (Wildman–Crippen MR) is 94.9 cm³/mol. The minimum atomic E-state index is -1.03. The number of methoxy groups -OCH3 is 1. The summed E-state index contributed by atoms with van der Waals surface area (Å²) in [5.74, 6) is -3.30. The lowest BCUT2D eigenvalue weighted by molar-refractivity contribution is -0.385. The molecule has 0 saturated heterocycles. The highest BCUT2D eigenvalue weighted by Gasteiger charge is 2.19. The van der Waals surface area contributed by atoms with Gasteiger partial charge in [-0.2, -0.15) is 0 Å². The third-order valence-corrected chi connectivity index (χ3v) is 3.87. The van der Waals surface area contributed by atoms with Crippen LogP contribution in [0.1, 0.15) is 28.9 Å². The lowest BCUT2D eigenvalue weighted by atomic mass is 10.1. The molecule has 0 fully saturated rings. The van der Waals surface area contributed by atoms with Crippen LogP contribution in [0.3, 0.4) is 0 Å². The van der Waals surface area contributed by atoms with Gasteiger partial charge in [0.2, 0.25) is 5.91 Å². The number of hydrogen-bond donors (Lipinski definition) is 2. The molecule has 0 spiro atoms. The maximum absolute atomic E-state index is 13.3. The molecule has 0 radical (unpaired) electrons. The van der Waals surface area contributed by atoms with Crippen molar-refractivity contribution in [2.45, 2.75) is 13.0 Å². The molecule has 2 amide bonds. The molecular weight excluding hydrogens is 376 g/mol. The van der Waals surface area contributed by atoms with Gasteiger partial charge in [0.05, 0.1) is 24.6 Å². The van der Waals surface area contributed by atoms with E-state index >= 15 is 0 Å². The van der Waals surface area contributed by atoms with Crippen LogP contribution in [0.4, 0.5) is 14.5 Å². The molecule has 0 saturated carbocycles. The molecule has 10 heteroatoms. The molecule has 0 aliphatic rings. The van der Waals surface area contributed by atoms with Gasteiger partial charge in [-0.05, 0) is 36.8 Å². The molecule has 0 aliphatic carbocycles. The fraction of sp³-hybridized carbons (Fsp3) is 0.222. The molecule has 2 aromatic rings. The van der Waals surface area contributed by atoms with E-state index in [2.05, 4.69) is 10.6 Å². The Bertz CT molecular complexity index is 920. The van der Waals surface area contributed by atoms with Gasteiger partial charge in [0.25, 0.3) is 5.91 Å². The predicted octanol–water partition coefficient (Wildman–Crippen LogP) is 2.49. The summed E-state index contributed by atoms with van der Waals surface area (Å²) in [5.41, 5.74) is -0.0510. The van der Waals surface area contributed by atoms with Crippen LogP contribution in [-0.2, 0) is 4.79 Å². The van der Waals surface area contributed by atoms with Crippen molar-refractivity contribution in [1.82, 2.24) is 10.6 Å². The van der Waals surface area contributed by atoms with E-state index in [4.69, 9.17) is 4.74 Å². The Hall–Kier alpha value is -3.56. The van der Waals surface area contributed by atoms with Gasteiger partial charge < -0.3 is 15.4 Å². The van der Waals surface area contributed by atoms with Gasteiger partial charge in [0.15, 0.2) is 17.4 Å². The Morgan fingerprint density at radius 2 is 1.89 bits per heavy atom. The number of hydrogen-bond acceptors (Lipinski definition) is 5. The first-order valence-corrected chi connectivity index (χ1v) is 8.08. The second-order valence-corrected chi connectivity index (χ2v) is 5.79. The van der Waals surface area contributed by atoms with E-state index < -0.39 is 41.0 Å². The fourth-order valence-corrected chi connectivity index (χ4v) is 2.39. The van der Waals surface area contributed by atoms with Crippen LogP contribution in [0.15, 0.2) is 36.4 Å². The Kier molecular flexibility index (Phi) is 6.59. The van der Waals surface area contributed by atoms with Crippen LogP contribution < -0.4 is 15.4 Å². The van der Waals surface area contributed by atoms with Crippen LogP contribution in [0, 0.1) is 21.7 Å². The molecule has 0 unspecified atom stereocenters. The average Bonchev–Trinajstić information content (AvgIpc) is 2.67. The van der Waals surface area contributed by atoms with Crippen LogP contribution >= 0.6 is 0 Å². The van der Waals surface area contributed by atoms with Crippen molar-refractivity contribution in [3.8, 4) is 5.75 Å². The largest absolute Gasteiger partial charge is 0.490 e. The summed E-state index contributed by atoms with van der Waals surface area (Å²) in [4.78, 5) is 34.4. The number of nitrogens with one attached hydrogen (secondary N) is 2. The van der Waals surface area contributed by atoms with Gasteiger partial charge in [-0.3, -0.25) is 19.7 Å². The molecule has 0 aromatic heterocycles. The summed E-state index contributed by atoms with van der Waals surface area (Å²) in [7, 11) is 1.26. The van der Waals surface area contributed by atoms with Gasteiger partial charge in [-0.1, -0.05) is 6.07 Å². The quantitative estimate of drug-likeness (QED) is 0.555. The number of rotatable bonds is 7. The Morgan fingerprint density at radius 1 is 1.18 bits per heavy atom. The Balaban J connectivity index is 1.96. The van der Waals surface area contributed by atoms with Crippen molar-refractivity contribution in [1.29, 1.82) is 0 Å². The zero-order chi connectivity index (χ0) is 20.8. The molecule has 28 heavy (non-hydrogen) atoms. The van der Waals surface area contributed by atoms with Crippen molar-refractivity contribution >= 4 is 17.5 Å². The highest BCUT2D eigenvalue weighted by atomic mass is 19.2. The SMILES string of the molecule is COc1ccc(C(=O)NCC(=O)N[C@H](C)c2ccc(F)c(F)c2)cc1[N+](=O)[O-]. The van der Waals surface area contributed by atoms with E-state index in [0.29, 0.717) is 5.56 Å². The number of nitro groups is 1. The van der Waals surface area contributed by atoms with Gasteiger partial charge >= 0.3 is 5.69 Å². The summed E-state index contributed by atoms with van der Waals surface area (Å²) in [6.45, 7) is 1.16. The minimum absolute atomic E-state index is 0.000326. The van der Waals surface area contributed by atoms with Crippen molar-refractivity contribution < 1.29 is 28.0 Å². The molecule has 0 bridgehead atoms. The zero-order valence-corrected chi connectivity index (χ0v) is 15.0. The van der Waals surface area contributed by atoms with Crippen LogP contribution in [0.5, 0.6) is 5.75 Å². The van der Waals surface area contributed by atoms with E-state index in [0.717, 1.165) is 18.2 Å². The number of amides is 2. The minimum Gasteiger partial charge on any atom is -0.490 e. The number of nitrogens with zero attached hydrogens (tertiary/aromatic N) is 1. The number of carbonyl (C=O) groups excluding carboxylic acids is 2. The normalized spacial score (nSPS) is 11.4. The molecule has 148 valence electrons. The number of carbonyl (C=O) groups is 2. The summed E-state index contributed by atoms with van der Waals surface area (Å²) in [6, 6.07) is 6.26. The molecule has 0 heterocycles. The van der Waals surface area contributed by atoms with Crippen molar-refractivity contribution in [2.24, 2.45) is 0 Å². The molecular formula is C18H17F2N3O5. The molecule has 2 aromatic carbocycles. The fourth-order valence-electron chi connectivity index (χ4n) is 2.39. The second kappa shape index (κ2) is 8.89. The topological polar surface area (TPSA) is 111 Å². The molecule has 8 nitrogen and oxygen atoms in total. The first-order chi connectivity index (χ1) is 13.2. The number of ether oxygens (including phenoxy) is 1.